The molecular weight excluding hydrogens is 232 g/mol. The van der Waals surface area contributed by atoms with Crippen molar-refractivity contribution in [1.29, 1.82) is 0 Å². The van der Waals surface area contributed by atoms with Crippen LogP contribution >= 0.6 is 0 Å². The van der Waals surface area contributed by atoms with Gasteiger partial charge in [-0.2, -0.15) is 9.97 Å². The zero-order chi connectivity index (χ0) is 13.0. The van der Waals surface area contributed by atoms with Crippen LogP contribution in [0.5, 0.6) is 12.0 Å². The van der Waals surface area contributed by atoms with E-state index in [1.54, 1.807) is 0 Å². The van der Waals surface area contributed by atoms with Crippen LogP contribution in [0.1, 0.15) is 32.6 Å². The lowest BCUT2D eigenvalue weighted by Gasteiger charge is -2.20. The van der Waals surface area contributed by atoms with Gasteiger partial charge >= 0.3 is 12.0 Å². The predicted octanol–water partition coefficient (Wildman–Crippen LogP) is 1.88. The summed E-state index contributed by atoms with van der Waals surface area (Å²) in [5.74, 6) is 1.21. The highest BCUT2D eigenvalue weighted by Gasteiger charge is 2.22. The Hall–Kier alpha value is -1.59. The Kier molecular flexibility index (Phi) is 4.17. The van der Waals surface area contributed by atoms with Gasteiger partial charge in [-0.1, -0.05) is 12.8 Å². The van der Waals surface area contributed by atoms with E-state index in [1.807, 2.05) is 0 Å². The number of nitrogens with zero attached hydrogens (tertiary/aromatic N) is 3. The normalized spacial score (nSPS) is 17.5. The van der Waals surface area contributed by atoms with Crippen LogP contribution in [-0.4, -0.2) is 35.2 Å². The molecule has 6 heteroatoms. The van der Waals surface area contributed by atoms with Gasteiger partial charge in [0.15, 0.2) is 0 Å². The van der Waals surface area contributed by atoms with Crippen LogP contribution in [0.3, 0.4) is 0 Å². The lowest BCUT2D eigenvalue weighted by atomic mass is 10.0. The fraction of sp³-hybridized carbons (Fsp3) is 0.750. The Morgan fingerprint density at radius 1 is 1.06 bits per heavy atom. The third-order valence-corrected chi connectivity index (χ3v) is 3.42. The summed E-state index contributed by atoms with van der Waals surface area (Å²) >= 11 is 0. The second kappa shape index (κ2) is 5.84. The molecule has 0 bridgehead atoms. The van der Waals surface area contributed by atoms with Crippen molar-refractivity contribution in [2.75, 3.05) is 19.5 Å². The SMILES string of the molecule is COc1nc(NC(C)C2CCCC2)nc(OC)n1. The zero-order valence-electron chi connectivity index (χ0n) is 11.1. The van der Waals surface area contributed by atoms with Crippen LogP contribution in [0.2, 0.25) is 0 Å². The van der Waals surface area contributed by atoms with Crippen LogP contribution in [0.4, 0.5) is 5.95 Å². The molecule has 2 rings (SSSR count). The van der Waals surface area contributed by atoms with Gasteiger partial charge in [-0.05, 0) is 25.7 Å². The van der Waals surface area contributed by atoms with Gasteiger partial charge in [-0.15, -0.1) is 4.98 Å². The first-order valence-corrected chi connectivity index (χ1v) is 6.33. The van der Waals surface area contributed by atoms with Crippen molar-refractivity contribution < 1.29 is 9.47 Å². The number of methoxy groups -OCH3 is 2. The van der Waals surface area contributed by atoms with Crippen molar-refractivity contribution in [1.82, 2.24) is 15.0 Å². The summed E-state index contributed by atoms with van der Waals surface area (Å²) in [5.41, 5.74) is 0. The molecule has 1 atom stereocenters. The molecular formula is C12H20N4O2. The summed E-state index contributed by atoms with van der Waals surface area (Å²) in [6, 6.07) is 0.884. The molecule has 0 spiro atoms. The molecule has 0 amide bonds. The van der Waals surface area contributed by atoms with Crippen molar-refractivity contribution in [2.24, 2.45) is 5.92 Å². The van der Waals surface area contributed by atoms with Gasteiger partial charge in [0.1, 0.15) is 0 Å². The standard InChI is InChI=1S/C12H20N4O2/c1-8(9-6-4-5-7-9)13-10-14-11(17-2)16-12(15-10)18-3/h8-9H,4-7H2,1-3H3,(H,13,14,15,16). The van der Waals surface area contributed by atoms with Crippen LogP contribution in [-0.2, 0) is 0 Å². The molecule has 100 valence electrons. The molecule has 1 N–H and O–H groups in total. The van der Waals surface area contributed by atoms with E-state index in [2.05, 4.69) is 27.2 Å². The molecule has 1 heterocycles. The number of hydrogen-bond donors (Lipinski definition) is 1. The number of anilines is 1. The van der Waals surface area contributed by atoms with E-state index in [-0.39, 0.29) is 12.0 Å². The largest absolute Gasteiger partial charge is 0.467 e. The van der Waals surface area contributed by atoms with Gasteiger partial charge in [0.05, 0.1) is 14.2 Å². The Morgan fingerprint density at radius 3 is 2.11 bits per heavy atom. The molecule has 1 aliphatic carbocycles. The Morgan fingerprint density at radius 2 is 1.61 bits per heavy atom. The molecule has 1 saturated carbocycles. The maximum Gasteiger partial charge on any atom is 0.324 e. The van der Waals surface area contributed by atoms with Crippen molar-refractivity contribution in [2.45, 2.75) is 38.6 Å². The number of ether oxygens (including phenoxy) is 2. The van der Waals surface area contributed by atoms with Gasteiger partial charge in [-0.25, -0.2) is 0 Å². The molecule has 1 fully saturated rings. The highest BCUT2D eigenvalue weighted by Crippen LogP contribution is 2.29. The van der Waals surface area contributed by atoms with Crippen LogP contribution in [0.15, 0.2) is 0 Å². The van der Waals surface area contributed by atoms with E-state index in [0.717, 1.165) is 0 Å². The third-order valence-electron chi connectivity index (χ3n) is 3.42. The van der Waals surface area contributed by atoms with Gasteiger partial charge in [0.25, 0.3) is 0 Å². The molecule has 1 unspecified atom stereocenters. The fourth-order valence-corrected chi connectivity index (χ4v) is 2.36. The molecule has 0 aliphatic heterocycles. The number of nitrogens with one attached hydrogen (secondary N) is 1. The smallest absolute Gasteiger partial charge is 0.324 e. The molecule has 1 aromatic rings. The highest BCUT2D eigenvalue weighted by molar-refractivity contribution is 5.29. The zero-order valence-corrected chi connectivity index (χ0v) is 11.1. The second-order valence-corrected chi connectivity index (χ2v) is 4.61. The minimum atomic E-state index is 0.267. The van der Waals surface area contributed by atoms with Crippen molar-refractivity contribution >= 4 is 5.95 Å². The molecule has 0 saturated heterocycles. The minimum absolute atomic E-state index is 0.267. The first-order valence-electron chi connectivity index (χ1n) is 6.33. The quantitative estimate of drug-likeness (QED) is 0.863. The average Bonchev–Trinajstić information content (AvgIpc) is 2.92. The molecule has 6 nitrogen and oxygen atoms in total. The van der Waals surface area contributed by atoms with Gasteiger partial charge in [0, 0.05) is 6.04 Å². The minimum Gasteiger partial charge on any atom is -0.467 e. The summed E-state index contributed by atoms with van der Waals surface area (Å²) in [7, 11) is 3.05. The molecule has 0 aromatic carbocycles. The Bertz CT molecular complexity index is 371. The first kappa shape index (κ1) is 12.9. The number of aromatic nitrogens is 3. The predicted molar refractivity (Wildman–Crippen MR) is 68.0 cm³/mol. The highest BCUT2D eigenvalue weighted by atomic mass is 16.5. The maximum absolute atomic E-state index is 5.02. The molecule has 0 radical (unpaired) electrons. The van der Waals surface area contributed by atoms with Crippen molar-refractivity contribution in [3.8, 4) is 12.0 Å². The lowest BCUT2D eigenvalue weighted by molar-refractivity contribution is 0.340. The fourth-order valence-electron chi connectivity index (χ4n) is 2.36. The van der Waals surface area contributed by atoms with Crippen molar-refractivity contribution in [3.05, 3.63) is 0 Å². The lowest BCUT2D eigenvalue weighted by Crippen LogP contribution is -2.25. The van der Waals surface area contributed by atoms with Crippen LogP contribution in [0.25, 0.3) is 0 Å². The Balaban J connectivity index is 2.07. The van der Waals surface area contributed by atoms with Gasteiger partial charge in [-0.3, -0.25) is 0 Å². The first-order chi connectivity index (χ1) is 8.72. The molecule has 18 heavy (non-hydrogen) atoms. The van der Waals surface area contributed by atoms with E-state index in [4.69, 9.17) is 9.47 Å². The average molecular weight is 252 g/mol. The van der Waals surface area contributed by atoms with E-state index in [1.165, 1.54) is 39.9 Å². The number of rotatable bonds is 5. The third kappa shape index (κ3) is 3.00. The monoisotopic (exact) mass is 252 g/mol. The summed E-state index contributed by atoms with van der Waals surface area (Å²) in [6.45, 7) is 2.17. The van der Waals surface area contributed by atoms with E-state index in [0.29, 0.717) is 17.9 Å². The maximum atomic E-state index is 5.02. The Labute approximate surface area is 107 Å². The summed E-state index contributed by atoms with van der Waals surface area (Å²) < 4.78 is 10.0. The second-order valence-electron chi connectivity index (χ2n) is 4.61. The molecule has 1 aliphatic rings. The molecule has 1 aromatic heterocycles. The van der Waals surface area contributed by atoms with Gasteiger partial charge in [0.2, 0.25) is 5.95 Å². The van der Waals surface area contributed by atoms with E-state index < -0.39 is 0 Å². The van der Waals surface area contributed by atoms with Gasteiger partial charge < -0.3 is 14.8 Å². The van der Waals surface area contributed by atoms with E-state index in [9.17, 15) is 0 Å². The number of hydrogen-bond acceptors (Lipinski definition) is 6. The van der Waals surface area contributed by atoms with Crippen molar-refractivity contribution in [3.63, 3.8) is 0 Å². The summed E-state index contributed by atoms with van der Waals surface area (Å²) in [5, 5.41) is 3.31. The summed E-state index contributed by atoms with van der Waals surface area (Å²) in [4.78, 5) is 12.3. The summed E-state index contributed by atoms with van der Waals surface area (Å²) in [6.07, 6.45) is 5.18. The van der Waals surface area contributed by atoms with Crippen LogP contribution < -0.4 is 14.8 Å². The van der Waals surface area contributed by atoms with Crippen LogP contribution in [0, 0.1) is 5.92 Å². The topological polar surface area (TPSA) is 69.2 Å². The van der Waals surface area contributed by atoms with E-state index >= 15 is 0 Å².